The van der Waals surface area contributed by atoms with Crippen molar-refractivity contribution in [3.63, 3.8) is 0 Å². The van der Waals surface area contributed by atoms with E-state index in [1.807, 2.05) is 27.7 Å². The molecule has 0 spiro atoms. The van der Waals surface area contributed by atoms with Gasteiger partial charge in [0.1, 0.15) is 0 Å². The topological polar surface area (TPSA) is 9.72 Å². The lowest BCUT2D eigenvalue weighted by atomic mass is 9.69. The Kier molecular flexibility index (Phi) is 15.9. The van der Waals surface area contributed by atoms with Gasteiger partial charge in [-0.2, -0.15) is 0 Å². The molecule has 0 aliphatic carbocycles. The maximum absolute atomic E-state index is 2.65. The molecule has 0 unspecified atom stereocenters. The van der Waals surface area contributed by atoms with Gasteiger partial charge in [-0.1, -0.05) is 62.3 Å². The van der Waals surface area contributed by atoms with Crippen LogP contribution in [0.5, 0.6) is 0 Å². The monoisotopic (exact) mass is 500 g/mol. The van der Waals surface area contributed by atoms with E-state index >= 15 is 0 Å². The minimum atomic E-state index is -0.0571. The highest BCUT2D eigenvalue weighted by molar-refractivity contribution is 5.12. The van der Waals surface area contributed by atoms with Crippen molar-refractivity contribution in [3.8, 4) is 0 Å². The third-order valence-corrected chi connectivity index (χ3v) is 10.9. The fourth-order valence-corrected chi connectivity index (χ4v) is 5.16. The summed E-state index contributed by atoms with van der Waals surface area (Å²) in [4.78, 5) is 7.88. The average Bonchev–Trinajstić information content (AvgIpc) is 2.78. The molecule has 0 saturated heterocycles. The van der Waals surface area contributed by atoms with Crippen LogP contribution in [-0.2, 0) is 0 Å². The molecule has 216 valence electrons. The maximum atomic E-state index is 2.65. The number of hydrogen-bond acceptors (Lipinski definition) is 3. The van der Waals surface area contributed by atoms with Crippen molar-refractivity contribution in [3.05, 3.63) is 0 Å². The van der Waals surface area contributed by atoms with Gasteiger partial charge in [0.25, 0.3) is 0 Å². The molecule has 0 aliphatic heterocycles. The van der Waals surface area contributed by atoms with Gasteiger partial charge in [0.05, 0.1) is 0 Å². The SMILES string of the molecule is CC.CC.CC(C)[C@@H](C)N(C)C(C)(C)C(C)(C)N(C)C(C)(C)C(C)(C)N(C)C(C)(C)[C@@H](C)C(C)C. The van der Waals surface area contributed by atoms with E-state index in [0.29, 0.717) is 23.8 Å². The zero-order valence-corrected chi connectivity index (χ0v) is 29.2. The van der Waals surface area contributed by atoms with E-state index in [1.165, 1.54) is 0 Å². The van der Waals surface area contributed by atoms with Crippen LogP contribution in [0.2, 0.25) is 0 Å². The molecule has 0 aliphatic rings. The Hall–Kier alpha value is -0.120. The Balaban J connectivity index is -0.00000242. The summed E-state index contributed by atoms with van der Waals surface area (Å²) in [6.07, 6.45) is 0. The molecule has 0 fully saturated rings. The van der Waals surface area contributed by atoms with E-state index in [1.54, 1.807) is 0 Å². The molecular weight excluding hydrogens is 426 g/mol. The van der Waals surface area contributed by atoms with Gasteiger partial charge in [0.2, 0.25) is 0 Å². The molecule has 0 aromatic heterocycles. The summed E-state index contributed by atoms with van der Waals surface area (Å²) in [7, 11) is 6.97. The normalized spacial score (nSPS) is 15.8. The van der Waals surface area contributed by atoms with E-state index in [0.717, 1.165) is 0 Å². The molecule has 0 N–H and O–H groups in total. The second kappa shape index (κ2) is 14.1. The van der Waals surface area contributed by atoms with Crippen molar-refractivity contribution in [1.29, 1.82) is 0 Å². The van der Waals surface area contributed by atoms with Crippen LogP contribution < -0.4 is 0 Å². The van der Waals surface area contributed by atoms with E-state index in [9.17, 15) is 0 Å². The van der Waals surface area contributed by atoms with Gasteiger partial charge in [-0.3, -0.25) is 14.7 Å². The van der Waals surface area contributed by atoms with E-state index in [2.05, 4.69) is 147 Å². The van der Waals surface area contributed by atoms with Crippen LogP contribution in [-0.4, -0.2) is 69.6 Å². The molecule has 0 aromatic rings. The van der Waals surface area contributed by atoms with Gasteiger partial charge in [-0.25, -0.2) is 0 Å². The molecule has 3 heteroatoms. The number of hydrogen-bond donors (Lipinski definition) is 0. The highest BCUT2D eigenvalue weighted by Gasteiger charge is 2.55. The third-order valence-electron chi connectivity index (χ3n) is 10.9. The van der Waals surface area contributed by atoms with Crippen LogP contribution >= 0.6 is 0 Å². The second-order valence-corrected chi connectivity index (χ2v) is 13.6. The van der Waals surface area contributed by atoms with Gasteiger partial charge >= 0.3 is 0 Å². The summed E-state index contributed by atoms with van der Waals surface area (Å²) >= 11 is 0. The molecule has 0 heterocycles. The van der Waals surface area contributed by atoms with Crippen molar-refractivity contribution < 1.29 is 0 Å². The predicted molar refractivity (Wildman–Crippen MR) is 165 cm³/mol. The van der Waals surface area contributed by atoms with Crippen molar-refractivity contribution >= 4 is 0 Å². The number of rotatable bonds is 11. The molecule has 35 heavy (non-hydrogen) atoms. The molecule has 0 bridgehead atoms. The van der Waals surface area contributed by atoms with Gasteiger partial charge < -0.3 is 0 Å². The summed E-state index contributed by atoms with van der Waals surface area (Å²) in [5.41, 5.74) is -0.0425. The molecule has 3 nitrogen and oxygen atoms in total. The van der Waals surface area contributed by atoms with Crippen molar-refractivity contribution in [2.45, 2.75) is 172 Å². The quantitative estimate of drug-likeness (QED) is 0.281. The van der Waals surface area contributed by atoms with Gasteiger partial charge in [-0.05, 0) is 115 Å². The van der Waals surface area contributed by atoms with Gasteiger partial charge in [0, 0.05) is 33.7 Å². The molecular formula is C32H73N3. The largest absolute Gasteiger partial charge is 0.296 e. The highest BCUT2D eigenvalue weighted by Crippen LogP contribution is 2.45. The lowest BCUT2D eigenvalue weighted by molar-refractivity contribution is -0.135. The maximum Gasteiger partial charge on any atom is 0.0334 e. The minimum absolute atomic E-state index is 0.00188. The Morgan fingerprint density at radius 3 is 1.00 bits per heavy atom. The lowest BCUT2D eigenvalue weighted by Crippen LogP contribution is -2.75. The van der Waals surface area contributed by atoms with Gasteiger partial charge in [-0.15, -0.1) is 0 Å². The summed E-state index contributed by atoms with van der Waals surface area (Å²) in [5, 5.41) is 0. The summed E-state index contributed by atoms with van der Waals surface area (Å²) in [5.74, 6) is 1.87. The standard InChI is InChI=1S/C28H61N3.2C2H6/c1-20(2)22(5)24(7,8)30(18)27(13,14)28(15,16)31(19)26(11,12)25(9,10)29(17)23(6)21(3)4;2*1-2/h20-23H,1-19H3;2*1-2H3/t22-,23+;;/m0../s1. The van der Waals surface area contributed by atoms with Crippen molar-refractivity contribution in [2.24, 2.45) is 17.8 Å². The van der Waals surface area contributed by atoms with Crippen molar-refractivity contribution in [1.82, 2.24) is 14.7 Å². The molecule has 0 radical (unpaired) electrons. The summed E-state index contributed by atoms with van der Waals surface area (Å²) in [6, 6.07) is 0.521. The molecule has 0 saturated carbocycles. The molecule has 0 aromatic carbocycles. The van der Waals surface area contributed by atoms with Crippen molar-refractivity contribution in [2.75, 3.05) is 21.1 Å². The van der Waals surface area contributed by atoms with E-state index < -0.39 is 0 Å². The Labute approximate surface area is 225 Å². The Morgan fingerprint density at radius 2 is 0.714 bits per heavy atom. The zero-order chi connectivity index (χ0) is 29.5. The predicted octanol–water partition coefficient (Wildman–Crippen LogP) is 9.06. The van der Waals surface area contributed by atoms with Crippen LogP contribution in [0.3, 0.4) is 0 Å². The summed E-state index contributed by atoms with van der Waals surface area (Å²) < 4.78 is 0. The first-order chi connectivity index (χ1) is 15.4. The average molecular weight is 500 g/mol. The van der Waals surface area contributed by atoms with Crippen LogP contribution in [0.4, 0.5) is 0 Å². The number of likely N-dealkylation sites (N-methyl/N-ethyl adjacent to an activating group) is 3. The third kappa shape index (κ3) is 7.93. The highest BCUT2D eigenvalue weighted by atomic mass is 15.4. The second-order valence-electron chi connectivity index (χ2n) is 13.6. The Bertz CT molecular complexity index is 569. The summed E-state index contributed by atoms with van der Waals surface area (Å²) in [6.45, 7) is 46.4. The first-order valence-corrected chi connectivity index (χ1v) is 14.6. The fourth-order valence-electron chi connectivity index (χ4n) is 5.16. The van der Waals surface area contributed by atoms with E-state index in [4.69, 9.17) is 0 Å². The van der Waals surface area contributed by atoms with E-state index in [-0.39, 0.29) is 27.7 Å². The first kappa shape index (κ1) is 39.4. The van der Waals surface area contributed by atoms with Crippen LogP contribution in [0.25, 0.3) is 0 Å². The molecule has 0 rings (SSSR count). The van der Waals surface area contributed by atoms with Gasteiger partial charge in [0.15, 0.2) is 0 Å². The Morgan fingerprint density at radius 1 is 0.429 bits per heavy atom. The van der Waals surface area contributed by atoms with Crippen LogP contribution in [0.1, 0.15) is 138 Å². The fraction of sp³-hybridized carbons (Fsp3) is 1.00. The minimum Gasteiger partial charge on any atom is -0.296 e. The molecule has 2 atom stereocenters. The lowest BCUT2D eigenvalue weighted by Gasteiger charge is -2.64. The smallest absolute Gasteiger partial charge is 0.0334 e. The first-order valence-electron chi connectivity index (χ1n) is 14.6. The molecule has 0 amide bonds. The van der Waals surface area contributed by atoms with Crippen LogP contribution in [0, 0.1) is 17.8 Å². The zero-order valence-electron chi connectivity index (χ0n) is 29.2. The number of nitrogens with zero attached hydrogens (tertiary/aromatic N) is 3. The van der Waals surface area contributed by atoms with Crippen LogP contribution in [0.15, 0.2) is 0 Å².